The van der Waals surface area contributed by atoms with Crippen molar-refractivity contribution in [3.05, 3.63) is 35.6 Å². The first kappa shape index (κ1) is 18.2. The van der Waals surface area contributed by atoms with E-state index in [0.29, 0.717) is 5.92 Å². The second kappa shape index (κ2) is 9.17. The molecule has 1 aromatic rings. The first-order valence-corrected chi connectivity index (χ1v) is 12.9. The van der Waals surface area contributed by atoms with Crippen molar-refractivity contribution >= 4 is 8.80 Å². The van der Waals surface area contributed by atoms with Crippen LogP contribution >= 0.6 is 0 Å². The van der Waals surface area contributed by atoms with Crippen LogP contribution < -0.4 is 0 Å². The maximum atomic E-state index is 13.1. The lowest BCUT2D eigenvalue weighted by molar-refractivity contribution is 0.257. The van der Waals surface area contributed by atoms with Crippen LogP contribution in [-0.4, -0.2) is 8.80 Å². The lowest BCUT2D eigenvalue weighted by Gasteiger charge is -2.31. The van der Waals surface area contributed by atoms with E-state index in [9.17, 15) is 4.39 Å². The Hall–Kier alpha value is -0.633. The van der Waals surface area contributed by atoms with Gasteiger partial charge in [-0.1, -0.05) is 82.1 Å². The Balaban J connectivity index is 1.35. The molecule has 134 valence electrons. The maximum Gasteiger partial charge on any atom is 0.123 e. The zero-order valence-corrected chi connectivity index (χ0v) is 16.6. The molecule has 3 rings (SSSR count). The van der Waals surface area contributed by atoms with Crippen molar-refractivity contribution < 1.29 is 4.39 Å². The van der Waals surface area contributed by atoms with Crippen LogP contribution in [0.4, 0.5) is 4.39 Å². The fourth-order valence-electron chi connectivity index (χ4n) is 5.21. The Kier molecular flexibility index (Phi) is 6.94. The zero-order valence-electron chi connectivity index (χ0n) is 15.5. The topological polar surface area (TPSA) is 0 Å². The summed E-state index contributed by atoms with van der Waals surface area (Å²) in [5, 5.41) is 0. The van der Waals surface area contributed by atoms with Gasteiger partial charge in [0.1, 0.15) is 5.82 Å². The Morgan fingerprint density at radius 2 is 1.46 bits per heavy atom. The van der Waals surface area contributed by atoms with Crippen molar-refractivity contribution in [1.29, 1.82) is 0 Å². The number of hydrogen-bond acceptors (Lipinski definition) is 0. The summed E-state index contributed by atoms with van der Waals surface area (Å²) in [6, 6.07) is 11.9. The predicted molar refractivity (Wildman–Crippen MR) is 105 cm³/mol. The Bertz CT molecular complexity index is 467. The first-order chi connectivity index (χ1) is 11.7. The third-order valence-electron chi connectivity index (χ3n) is 6.83. The van der Waals surface area contributed by atoms with Gasteiger partial charge in [-0.05, 0) is 48.3 Å². The van der Waals surface area contributed by atoms with Gasteiger partial charge in [-0.3, -0.25) is 0 Å². The van der Waals surface area contributed by atoms with Gasteiger partial charge in [-0.15, -0.1) is 0 Å². The Labute approximate surface area is 149 Å². The third kappa shape index (κ3) is 5.18. The van der Waals surface area contributed by atoms with Crippen LogP contribution in [0.5, 0.6) is 0 Å². The molecule has 0 amide bonds. The molecule has 0 nitrogen and oxygen atoms in total. The van der Waals surface area contributed by atoms with Gasteiger partial charge in [-0.25, -0.2) is 4.39 Å². The summed E-state index contributed by atoms with van der Waals surface area (Å²) in [6.07, 6.45) is 13.2. The molecule has 0 unspecified atom stereocenters. The highest BCUT2D eigenvalue weighted by Gasteiger charge is 2.25. The second-order valence-corrected chi connectivity index (χ2v) is 12.0. The minimum Gasteiger partial charge on any atom is -0.207 e. The van der Waals surface area contributed by atoms with E-state index in [-0.39, 0.29) is 5.82 Å². The molecule has 1 aromatic carbocycles. The lowest BCUT2D eigenvalue weighted by atomic mass is 9.79. The molecule has 1 aliphatic carbocycles. The molecule has 0 radical (unpaired) electrons. The van der Waals surface area contributed by atoms with Gasteiger partial charge in [0.25, 0.3) is 0 Å². The van der Waals surface area contributed by atoms with Crippen LogP contribution in [0.2, 0.25) is 18.1 Å². The van der Waals surface area contributed by atoms with Crippen molar-refractivity contribution in [2.75, 3.05) is 0 Å². The number of rotatable bonds is 6. The van der Waals surface area contributed by atoms with Crippen LogP contribution in [0.25, 0.3) is 0 Å². The summed E-state index contributed by atoms with van der Waals surface area (Å²) in [4.78, 5) is 0. The molecule has 2 aliphatic rings. The molecule has 0 aromatic heterocycles. The summed E-state index contributed by atoms with van der Waals surface area (Å²) >= 11 is 0. The van der Waals surface area contributed by atoms with Crippen molar-refractivity contribution in [3.63, 3.8) is 0 Å². The number of benzene rings is 1. The predicted octanol–water partition coefficient (Wildman–Crippen LogP) is 6.93. The van der Waals surface area contributed by atoms with Crippen molar-refractivity contribution in [3.8, 4) is 0 Å². The van der Waals surface area contributed by atoms with Gasteiger partial charge in [0.05, 0.1) is 0 Å². The molecule has 1 saturated carbocycles. The molecule has 0 spiro atoms. The molecule has 1 heterocycles. The van der Waals surface area contributed by atoms with Gasteiger partial charge < -0.3 is 0 Å². The average Bonchev–Trinajstić information content (AvgIpc) is 2.63. The van der Waals surface area contributed by atoms with Gasteiger partial charge in [0.15, 0.2) is 0 Å². The molecule has 24 heavy (non-hydrogen) atoms. The zero-order chi connectivity index (χ0) is 16.8. The second-order valence-electron chi connectivity index (χ2n) is 8.52. The molecular formula is C22H35FSi. The minimum atomic E-state index is -0.472. The SMILES string of the molecule is CCCC1CCC(CC[SiH]2CCC(c3ccc(F)cc3)CC2)CC1. The van der Waals surface area contributed by atoms with E-state index in [1.807, 2.05) is 12.1 Å². The smallest absolute Gasteiger partial charge is 0.123 e. The third-order valence-corrected chi connectivity index (χ3v) is 10.3. The molecule has 2 fully saturated rings. The molecule has 1 aliphatic heterocycles. The summed E-state index contributed by atoms with van der Waals surface area (Å²) in [5.41, 5.74) is 1.37. The fourth-order valence-corrected chi connectivity index (χ4v) is 8.76. The van der Waals surface area contributed by atoms with Gasteiger partial charge in [-0.2, -0.15) is 0 Å². The van der Waals surface area contributed by atoms with Crippen molar-refractivity contribution in [2.24, 2.45) is 11.8 Å². The van der Waals surface area contributed by atoms with Crippen LogP contribution in [0.3, 0.4) is 0 Å². The minimum absolute atomic E-state index is 0.101. The summed E-state index contributed by atoms with van der Waals surface area (Å²) in [6.45, 7) is 2.33. The highest BCUT2D eigenvalue weighted by molar-refractivity contribution is 6.59. The molecule has 0 atom stereocenters. The largest absolute Gasteiger partial charge is 0.207 e. The Morgan fingerprint density at radius 1 is 0.875 bits per heavy atom. The van der Waals surface area contributed by atoms with Crippen LogP contribution in [0, 0.1) is 17.7 Å². The Morgan fingerprint density at radius 3 is 2.04 bits per heavy atom. The van der Waals surface area contributed by atoms with Crippen molar-refractivity contribution in [2.45, 2.75) is 88.8 Å². The first-order valence-electron chi connectivity index (χ1n) is 10.5. The maximum absolute atomic E-state index is 13.1. The van der Waals surface area contributed by atoms with E-state index in [2.05, 4.69) is 6.92 Å². The molecule has 1 saturated heterocycles. The van der Waals surface area contributed by atoms with Crippen molar-refractivity contribution in [1.82, 2.24) is 0 Å². The quantitative estimate of drug-likeness (QED) is 0.490. The van der Waals surface area contributed by atoms with Gasteiger partial charge >= 0.3 is 0 Å². The van der Waals surface area contributed by atoms with Crippen LogP contribution in [0.1, 0.15) is 76.2 Å². The van der Waals surface area contributed by atoms with E-state index < -0.39 is 8.80 Å². The van der Waals surface area contributed by atoms with E-state index in [1.165, 1.54) is 75.4 Å². The summed E-state index contributed by atoms with van der Waals surface area (Å²) in [5.74, 6) is 2.71. The van der Waals surface area contributed by atoms with Crippen LogP contribution in [0.15, 0.2) is 24.3 Å². The lowest BCUT2D eigenvalue weighted by Crippen LogP contribution is -2.22. The van der Waals surface area contributed by atoms with Crippen LogP contribution in [-0.2, 0) is 0 Å². The monoisotopic (exact) mass is 346 g/mol. The summed E-state index contributed by atoms with van der Waals surface area (Å²) in [7, 11) is -0.472. The highest BCUT2D eigenvalue weighted by Crippen LogP contribution is 2.38. The van der Waals surface area contributed by atoms with E-state index >= 15 is 0 Å². The molecule has 2 heteroatoms. The number of hydrogen-bond donors (Lipinski definition) is 0. The molecule has 0 N–H and O–H groups in total. The normalized spacial score (nSPS) is 31.1. The van der Waals surface area contributed by atoms with E-state index in [0.717, 1.165) is 11.8 Å². The van der Waals surface area contributed by atoms with Gasteiger partial charge in [0, 0.05) is 8.80 Å². The standard InChI is InChI=1S/C22H35FSi/c1-2-3-18-4-6-19(7-5-18)12-15-24-16-13-21(14-17-24)20-8-10-22(23)11-9-20/h8-11,18-19,21,24H,2-7,12-17H2,1H3. The van der Waals surface area contributed by atoms with E-state index in [1.54, 1.807) is 18.2 Å². The average molecular weight is 347 g/mol. The molecular weight excluding hydrogens is 311 g/mol. The molecule has 0 bridgehead atoms. The number of halogens is 1. The fraction of sp³-hybridized carbons (Fsp3) is 0.727. The van der Waals surface area contributed by atoms with Gasteiger partial charge in [0.2, 0.25) is 0 Å². The summed E-state index contributed by atoms with van der Waals surface area (Å²) < 4.78 is 13.1. The van der Waals surface area contributed by atoms with E-state index in [4.69, 9.17) is 0 Å². The highest BCUT2D eigenvalue weighted by atomic mass is 28.3.